The molecule has 0 bridgehead atoms. The number of likely N-dealkylation sites (tertiary alicyclic amines) is 1. The minimum Gasteiger partial charge on any atom is -0.480 e. The topological polar surface area (TPSA) is 144 Å². The molecule has 1 saturated heterocycles. The molecule has 0 radical (unpaired) electrons. The summed E-state index contributed by atoms with van der Waals surface area (Å²) in [5.74, 6) is -1.57. The molecule has 0 aromatic heterocycles. The quantitative estimate of drug-likeness (QED) is 0.230. The molecule has 1 aliphatic rings. The monoisotopic (exact) mass is 357 g/mol. The van der Waals surface area contributed by atoms with Crippen LogP contribution in [0.5, 0.6) is 0 Å². The van der Waals surface area contributed by atoms with Crippen LogP contribution >= 0.6 is 12.4 Å². The van der Waals surface area contributed by atoms with Crippen LogP contribution in [0.4, 0.5) is 0 Å². The van der Waals surface area contributed by atoms with Crippen LogP contribution in [0.1, 0.15) is 25.7 Å². The van der Waals surface area contributed by atoms with Gasteiger partial charge in [-0.15, -0.1) is 17.4 Å². The third-order valence-electron chi connectivity index (χ3n) is 3.43. The molecule has 0 spiro atoms. The van der Waals surface area contributed by atoms with Crippen LogP contribution < -0.4 is 11.4 Å². The fourth-order valence-electron chi connectivity index (χ4n) is 2.10. The predicted molar refractivity (Wildman–Crippen MR) is 80.4 cm³/mol. The van der Waals surface area contributed by atoms with Crippen molar-refractivity contribution in [2.24, 2.45) is 5.73 Å². The standard InChI is InChI=1S/C12H23N3O7.ClH/c13-10(12(17)18)1-2-11(16)20-8-7-15-5-3-9(4-6-15)21-14-22-19;/h9-10,14,19H,1-8,13H2,(H,17,18);1H/t10-;/m0./s1. The van der Waals surface area contributed by atoms with Gasteiger partial charge in [-0.3, -0.25) is 19.3 Å². The van der Waals surface area contributed by atoms with E-state index in [1.54, 1.807) is 0 Å². The number of carboxylic acids is 1. The highest BCUT2D eigenvalue weighted by Crippen LogP contribution is 2.12. The molecule has 0 aromatic carbocycles. The van der Waals surface area contributed by atoms with Crippen LogP contribution in [-0.4, -0.2) is 65.6 Å². The Bertz CT molecular complexity index is 354. The van der Waals surface area contributed by atoms with E-state index in [4.69, 9.17) is 25.7 Å². The Balaban J connectivity index is 0.00000484. The highest BCUT2D eigenvalue weighted by Gasteiger charge is 2.20. The minimum absolute atomic E-state index is 0. The van der Waals surface area contributed by atoms with Gasteiger partial charge in [-0.1, -0.05) is 0 Å². The van der Waals surface area contributed by atoms with Crippen LogP contribution in [0.25, 0.3) is 0 Å². The van der Waals surface area contributed by atoms with Crippen LogP contribution in [-0.2, 0) is 24.2 Å². The van der Waals surface area contributed by atoms with Crippen LogP contribution in [0.3, 0.4) is 0 Å². The second-order valence-corrected chi connectivity index (χ2v) is 5.04. The Kier molecular flexibility index (Phi) is 11.9. The van der Waals surface area contributed by atoms with E-state index in [2.05, 4.69) is 9.89 Å². The summed E-state index contributed by atoms with van der Waals surface area (Å²) in [6, 6.07) is -1.04. The summed E-state index contributed by atoms with van der Waals surface area (Å²) >= 11 is 0. The van der Waals surface area contributed by atoms with Gasteiger partial charge in [0.05, 0.1) is 6.10 Å². The number of hydrogen-bond donors (Lipinski definition) is 4. The fraction of sp³-hybridized carbons (Fsp3) is 0.833. The van der Waals surface area contributed by atoms with Crippen molar-refractivity contribution in [3.63, 3.8) is 0 Å². The molecule has 1 atom stereocenters. The van der Waals surface area contributed by atoms with Crippen molar-refractivity contribution in [2.75, 3.05) is 26.2 Å². The van der Waals surface area contributed by atoms with Gasteiger partial charge in [0.25, 0.3) is 0 Å². The first-order valence-corrected chi connectivity index (χ1v) is 7.10. The number of piperidine rings is 1. The number of carboxylic acid groups (broad SMARTS) is 1. The van der Waals surface area contributed by atoms with Crippen LogP contribution in [0.2, 0.25) is 0 Å². The van der Waals surface area contributed by atoms with Gasteiger partial charge in [0.2, 0.25) is 0 Å². The normalized spacial score (nSPS) is 17.3. The zero-order valence-electron chi connectivity index (χ0n) is 12.7. The highest BCUT2D eigenvalue weighted by atomic mass is 35.5. The first-order valence-electron chi connectivity index (χ1n) is 7.10. The lowest BCUT2D eigenvalue weighted by atomic mass is 10.1. The number of nitrogens with two attached hydrogens (primary N) is 1. The van der Waals surface area contributed by atoms with Gasteiger partial charge < -0.3 is 15.6 Å². The molecule has 1 aliphatic heterocycles. The summed E-state index contributed by atoms with van der Waals surface area (Å²) in [6.07, 6.45) is 1.55. The van der Waals surface area contributed by atoms with E-state index in [0.717, 1.165) is 25.9 Å². The average molecular weight is 358 g/mol. The summed E-state index contributed by atoms with van der Waals surface area (Å²) in [5.41, 5.74) is 7.24. The van der Waals surface area contributed by atoms with Gasteiger partial charge in [-0.25, -0.2) is 5.26 Å². The summed E-state index contributed by atoms with van der Waals surface area (Å²) in [7, 11) is 0. The molecule has 1 fully saturated rings. The fourth-order valence-corrected chi connectivity index (χ4v) is 2.10. The Labute approximate surface area is 140 Å². The number of ether oxygens (including phenoxy) is 1. The van der Waals surface area contributed by atoms with Crippen molar-refractivity contribution in [2.45, 2.75) is 37.8 Å². The molecule has 0 saturated carbocycles. The number of hydrogen-bond acceptors (Lipinski definition) is 9. The van der Waals surface area contributed by atoms with E-state index in [-0.39, 0.29) is 38.0 Å². The first kappa shape index (κ1) is 22.0. The van der Waals surface area contributed by atoms with E-state index in [9.17, 15) is 9.59 Å². The molecule has 10 nitrogen and oxygen atoms in total. The summed E-state index contributed by atoms with van der Waals surface area (Å²) < 4.78 is 5.04. The Hall–Kier alpha value is -1.01. The third kappa shape index (κ3) is 9.66. The molecule has 0 amide bonds. The van der Waals surface area contributed by atoms with Crippen molar-refractivity contribution in [3.8, 4) is 0 Å². The number of nitrogens with zero attached hydrogens (tertiary/aromatic N) is 1. The molecular weight excluding hydrogens is 334 g/mol. The maximum atomic E-state index is 11.4. The van der Waals surface area contributed by atoms with Gasteiger partial charge in [0.1, 0.15) is 12.6 Å². The number of nitrogens with one attached hydrogen (secondary N) is 1. The van der Waals surface area contributed by atoms with E-state index in [1.807, 2.05) is 5.64 Å². The van der Waals surface area contributed by atoms with E-state index < -0.39 is 18.0 Å². The van der Waals surface area contributed by atoms with Crippen molar-refractivity contribution >= 4 is 24.3 Å². The van der Waals surface area contributed by atoms with E-state index in [1.165, 1.54) is 0 Å². The number of aliphatic carboxylic acids is 1. The second kappa shape index (κ2) is 12.4. The Morgan fingerprint density at radius 2 is 2.00 bits per heavy atom. The zero-order valence-corrected chi connectivity index (χ0v) is 13.5. The molecule has 0 unspecified atom stereocenters. The highest BCUT2D eigenvalue weighted by molar-refractivity contribution is 5.85. The Morgan fingerprint density at radius 3 is 2.57 bits per heavy atom. The van der Waals surface area contributed by atoms with Gasteiger partial charge in [-0.05, 0) is 24.9 Å². The Morgan fingerprint density at radius 1 is 1.35 bits per heavy atom. The van der Waals surface area contributed by atoms with Crippen molar-refractivity contribution in [1.29, 1.82) is 0 Å². The van der Waals surface area contributed by atoms with E-state index >= 15 is 0 Å². The van der Waals surface area contributed by atoms with Gasteiger partial charge in [-0.2, -0.15) is 0 Å². The lowest BCUT2D eigenvalue weighted by Crippen LogP contribution is -2.40. The zero-order chi connectivity index (χ0) is 16.4. The SMILES string of the molecule is Cl.N[C@@H](CCC(=O)OCCN1CCC(ONOO)CC1)C(=O)O. The minimum atomic E-state index is -1.13. The molecule has 0 aromatic rings. The number of rotatable bonds is 10. The molecule has 1 rings (SSSR count). The molecule has 1 heterocycles. The molecule has 0 aliphatic carbocycles. The summed E-state index contributed by atoms with van der Waals surface area (Å²) in [6.45, 7) is 2.41. The summed E-state index contributed by atoms with van der Waals surface area (Å²) in [4.78, 5) is 32.7. The predicted octanol–water partition coefficient (Wildman–Crippen LogP) is -0.466. The van der Waals surface area contributed by atoms with Crippen LogP contribution in [0, 0.1) is 0 Å². The molecule has 136 valence electrons. The smallest absolute Gasteiger partial charge is 0.320 e. The average Bonchev–Trinajstić information content (AvgIpc) is 2.51. The largest absolute Gasteiger partial charge is 0.480 e. The number of esters is 1. The number of carbonyl (C=O) groups excluding carboxylic acids is 1. The molecule has 5 N–H and O–H groups in total. The van der Waals surface area contributed by atoms with Crippen molar-refractivity contribution in [3.05, 3.63) is 0 Å². The van der Waals surface area contributed by atoms with E-state index in [0.29, 0.717) is 6.54 Å². The maximum Gasteiger partial charge on any atom is 0.320 e. The van der Waals surface area contributed by atoms with Gasteiger partial charge in [0, 0.05) is 26.1 Å². The first-order chi connectivity index (χ1) is 10.5. The lowest BCUT2D eigenvalue weighted by molar-refractivity contribution is -0.379. The van der Waals surface area contributed by atoms with Gasteiger partial charge >= 0.3 is 11.9 Å². The maximum absolute atomic E-state index is 11.4. The number of carbonyl (C=O) groups is 2. The molecule has 11 heteroatoms. The third-order valence-corrected chi connectivity index (χ3v) is 3.43. The number of halogens is 1. The van der Waals surface area contributed by atoms with Crippen molar-refractivity contribution < 1.29 is 34.5 Å². The summed E-state index contributed by atoms with van der Waals surface area (Å²) in [5, 5.41) is 16.7. The second-order valence-electron chi connectivity index (χ2n) is 5.04. The van der Waals surface area contributed by atoms with Crippen LogP contribution in [0.15, 0.2) is 0 Å². The molecular formula is C12H24ClN3O7. The van der Waals surface area contributed by atoms with Gasteiger partial charge in [0.15, 0.2) is 0 Å². The lowest BCUT2D eigenvalue weighted by Gasteiger charge is -2.30. The molecule has 23 heavy (non-hydrogen) atoms. The van der Waals surface area contributed by atoms with Crippen molar-refractivity contribution in [1.82, 2.24) is 10.5 Å².